The number of methoxy groups -OCH3 is 1. The van der Waals surface area contributed by atoms with Gasteiger partial charge in [-0.25, -0.2) is 4.79 Å². The summed E-state index contributed by atoms with van der Waals surface area (Å²) in [6, 6.07) is 13.3. The highest BCUT2D eigenvalue weighted by atomic mass is 32.2. The van der Waals surface area contributed by atoms with Crippen molar-refractivity contribution in [3.63, 3.8) is 0 Å². The number of benzene rings is 2. The number of hydrogen-bond acceptors (Lipinski definition) is 5. The molecule has 3 rings (SSSR count). The van der Waals surface area contributed by atoms with Gasteiger partial charge in [0.1, 0.15) is 6.07 Å². The van der Waals surface area contributed by atoms with E-state index in [1.54, 1.807) is 18.3 Å². The van der Waals surface area contributed by atoms with Gasteiger partial charge >= 0.3 is 5.97 Å². The van der Waals surface area contributed by atoms with E-state index < -0.39 is 0 Å². The van der Waals surface area contributed by atoms with E-state index >= 15 is 0 Å². The highest BCUT2D eigenvalue weighted by Gasteiger charge is 2.11. The highest BCUT2D eigenvalue weighted by molar-refractivity contribution is 8.00. The Morgan fingerprint density at radius 1 is 1.33 bits per heavy atom. The maximum Gasteiger partial charge on any atom is 0.337 e. The predicted octanol–water partition coefficient (Wildman–Crippen LogP) is 4.25. The summed E-state index contributed by atoms with van der Waals surface area (Å²) in [5, 5.41) is 10.1. The minimum Gasteiger partial charge on any atom is -0.465 e. The summed E-state index contributed by atoms with van der Waals surface area (Å²) in [5.74, 6) is -0.363. The van der Waals surface area contributed by atoms with Crippen molar-refractivity contribution in [3.05, 3.63) is 59.3 Å². The third kappa shape index (κ3) is 2.94. The minimum atomic E-state index is -0.363. The minimum absolute atomic E-state index is 0.363. The summed E-state index contributed by atoms with van der Waals surface area (Å²) < 4.78 is 8.01. The van der Waals surface area contributed by atoms with E-state index in [1.807, 2.05) is 31.2 Å². The Morgan fingerprint density at radius 2 is 2.17 bits per heavy atom. The van der Waals surface area contributed by atoms with Gasteiger partial charge in [-0.1, -0.05) is 12.1 Å². The number of nitriles is 1. The molecule has 0 radical (unpaired) electrons. The largest absolute Gasteiger partial charge is 0.465 e. The van der Waals surface area contributed by atoms with E-state index in [0.29, 0.717) is 11.1 Å². The van der Waals surface area contributed by atoms with Crippen LogP contribution in [0, 0.1) is 18.3 Å². The predicted molar refractivity (Wildman–Crippen MR) is 95.0 cm³/mol. The molecule has 0 atom stereocenters. The van der Waals surface area contributed by atoms with Crippen LogP contribution in [0.15, 0.2) is 47.5 Å². The molecule has 5 nitrogen and oxygen atoms in total. The lowest BCUT2D eigenvalue weighted by Gasteiger charge is -2.09. The Morgan fingerprint density at radius 3 is 2.92 bits per heavy atom. The van der Waals surface area contributed by atoms with E-state index in [4.69, 9.17) is 4.74 Å². The monoisotopic (exact) mass is 337 g/mol. The quantitative estimate of drug-likeness (QED) is 0.549. The molecule has 0 unspecified atom stereocenters. The van der Waals surface area contributed by atoms with Gasteiger partial charge in [-0.15, -0.1) is 0 Å². The number of aromatic amines is 1. The first-order valence-corrected chi connectivity index (χ1v) is 8.07. The van der Waals surface area contributed by atoms with Gasteiger partial charge < -0.3 is 14.4 Å². The number of H-pyrrole nitrogens is 1. The molecule has 3 aromatic rings. The van der Waals surface area contributed by atoms with E-state index in [0.717, 1.165) is 27.0 Å². The lowest BCUT2D eigenvalue weighted by atomic mass is 10.1. The van der Waals surface area contributed by atoms with Crippen LogP contribution in [-0.4, -0.2) is 18.1 Å². The van der Waals surface area contributed by atoms with Gasteiger partial charge in [0.25, 0.3) is 0 Å². The van der Waals surface area contributed by atoms with Crippen molar-refractivity contribution >= 4 is 34.5 Å². The molecular formula is C18H15N3O2S. The number of esters is 1. The van der Waals surface area contributed by atoms with Gasteiger partial charge in [-0.3, -0.25) is 0 Å². The Labute approximate surface area is 143 Å². The molecule has 120 valence electrons. The molecule has 1 aromatic heterocycles. The first kappa shape index (κ1) is 16.0. The maximum atomic E-state index is 11.6. The van der Waals surface area contributed by atoms with Crippen LogP contribution in [0.1, 0.15) is 21.5 Å². The Kier molecular flexibility index (Phi) is 4.45. The molecule has 2 N–H and O–H groups in total. The van der Waals surface area contributed by atoms with Crippen molar-refractivity contribution in [2.45, 2.75) is 11.8 Å². The number of anilines is 1. The molecule has 0 amide bonds. The second-order valence-corrected chi connectivity index (χ2v) is 6.10. The van der Waals surface area contributed by atoms with Crippen molar-refractivity contribution < 1.29 is 9.53 Å². The normalized spacial score (nSPS) is 10.4. The van der Waals surface area contributed by atoms with Crippen LogP contribution in [0.5, 0.6) is 0 Å². The second-order valence-electron chi connectivity index (χ2n) is 5.22. The number of nitrogens with zero attached hydrogens (tertiary/aromatic N) is 1. The molecule has 0 bridgehead atoms. The molecule has 6 heteroatoms. The van der Waals surface area contributed by atoms with Crippen molar-refractivity contribution in [1.29, 1.82) is 5.26 Å². The number of ether oxygens (including phenoxy) is 1. The summed E-state index contributed by atoms with van der Waals surface area (Å²) in [6.45, 7) is 1.98. The molecule has 0 saturated carbocycles. The van der Waals surface area contributed by atoms with Crippen LogP contribution in [0.2, 0.25) is 0 Å². The number of aryl methyl sites for hydroxylation is 1. The molecule has 0 fully saturated rings. The standard InChI is InChI=1S/C18H15N3O2S/c1-11-6-7-15(17-16(11)13(9-19)10-20-17)21-24-14-5-3-4-12(8-14)18(22)23-2/h3-8,10,20-21H,1-2H3. The fourth-order valence-corrected chi connectivity index (χ4v) is 3.24. The smallest absolute Gasteiger partial charge is 0.337 e. The molecule has 0 aliphatic rings. The van der Waals surface area contributed by atoms with Gasteiger partial charge in [0, 0.05) is 16.5 Å². The summed E-state index contributed by atoms with van der Waals surface area (Å²) in [4.78, 5) is 15.6. The van der Waals surface area contributed by atoms with Crippen molar-refractivity contribution in [2.75, 3.05) is 11.8 Å². The maximum absolute atomic E-state index is 11.6. The molecule has 0 spiro atoms. The average molecular weight is 337 g/mol. The fourth-order valence-electron chi connectivity index (χ4n) is 2.51. The van der Waals surface area contributed by atoms with Crippen LogP contribution in [0.4, 0.5) is 5.69 Å². The number of rotatable bonds is 4. The number of carbonyl (C=O) groups excluding carboxylic acids is 1. The summed E-state index contributed by atoms with van der Waals surface area (Å²) in [7, 11) is 1.36. The summed E-state index contributed by atoms with van der Waals surface area (Å²) >= 11 is 1.39. The van der Waals surface area contributed by atoms with E-state index in [9.17, 15) is 10.1 Å². The van der Waals surface area contributed by atoms with Crippen LogP contribution < -0.4 is 4.72 Å². The van der Waals surface area contributed by atoms with E-state index in [1.165, 1.54) is 19.1 Å². The lowest BCUT2D eigenvalue weighted by molar-refractivity contribution is 0.0600. The van der Waals surface area contributed by atoms with Crippen molar-refractivity contribution in [2.24, 2.45) is 0 Å². The molecule has 2 aromatic carbocycles. The molecule has 0 aliphatic heterocycles. The Hall–Kier alpha value is -2.91. The number of hydrogen-bond donors (Lipinski definition) is 2. The third-order valence-electron chi connectivity index (χ3n) is 3.70. The lowest BCUT2D eigenvalue weighted by Crippen LogP contribution is -2.00. The Balaban J connectivity index is 1.87. The molecule has 1 heterocycles. The van der Waals surface area contributed by atoms with Gasteiger partial charge in [0.15, 0.2) is 0 Å². The van der Waals surface area contributed by atoms with Gasteiger partial charge in [0.05, 0.1) is 29.4 Å². The average Bonchev–Trinajstić information content (AvgIpc) is 3.06. The zero-order chi connectivity index (χ0) is 17.1. The van der Waals surface area contributed by atoms with E-state index in [-0.39, 0.29) is 5.97 Å². The number of fused-ring (bicyclic) bond motifs is 1. The van der Waals surface area contributed by atoms with Crippen molar-refractivity contribution in [3.8, 4) is 6.07 Å². The SMILES string of the molecule is COC(=O)c1cccc(SNc2ccc(C)c3c(C#N)c[nH]c23)c1. The highest BCUT2D eigenvalue weighted by Crippen LogP contribution is 2.31. The molecule has 0 aliphatic carbocycles. The number of nitrogens with one attached hydrogen (secondary N) is 2. The zero-order valence-electron chi connectivity index (χ0n) is 13.2. The van der Waals surface area contributed by atoms with Gasteiger partial charge in [-0.2, -0.15) is 5.26 Å². The zero-order valence-corrected chi connectivity index (χ0v) is 14.0. The molecular weight excluding hydrogens is 322 g/mol. The number of aromatic nitrogens is 1. The topological polar surface area (TPSA) is 77.9 Å². The Bertz CT molecular complexity index is 957. The first-order chi connectivity index (χ1) is 11.6. The fraction of sp³-hybridized carbons (Fsp3) is 0.111. The van der Waals surface area contributed by atoms with Crippen LogP contribution >= 0.6 is 11.9 Å². The first-order valence-electron chi connectivity index (χ1n) is 7.26. The molecule has 24 heavy (non-hydrogen) atoms. The van der Waals surface area contributed by atoms with Crippen LogP contribution in [-0.2, 0) is 4.74 Å². The van der Waals surface area contributed by atoms with Gasteiger partial charge in [-0.05, 0) is 48.7 Å². The third-order valence-corrected chi connectivity index (χ3v) is 4.51. The summed E-state index contributed by atoms with van der Waals surface area (Å²) in [5.41, 5.74) is 3.95. The molecule has 0 saturated heterocycles. The van der Waals surface area contributed by atoms with Gasteiger partial charge in [0.2, 0.25) is 0 Å². The van der Waals surface area contributed by atoms with Crippen LogP contribution in [0.25, 0.3) is 10.9 Å². The number of carbonyl (C=O) groups is 1. The summed E-state index contributed by atoms with van der Waals surface area (Å²) in [6.07, 6.45) is 1.71. The van der Waals surface area contributed by atoms with Crippen molar-refractivity contribution in [1.82, 2.24) is 4.98 Å². The van der Waals surface area contributed by atoms with Crippen LogP contribution in [0.3, 0.4) is 0 Å². The van der Waals surface area contributed by atoms with E-state index in [2.05, 4.69) is 15.8 Å². The second kappa shape index (κ2) is 6.69.